The van der Waals surface area contributed by atoms with Crippen LogP contribution < -0.4 is 0 Å². The summed E-state index contributed by atoms with van der Waals surface area (Å²) in [6, 6.07) is 56.4. The van der Waals surface area contributed by atoms with E-state index in [1.165, 1.54) is 79.9 Å². The number of benzene rings is 6. The second-order valence-electron chi connectivity index (χ2n) is 15.3. The second kappa shape index (κ2) is 24.5. The van der Waals surface area contributed by atoms with E-state index in [1.54, 1.807) is 0 Å². The van der Waals surface area contributed by atoms with Gasteiger partial charge in [-0.05, 0) is 17.4 Å². The first kappa shape index (κ1) is 48.0. The quantitative estimate of drug-likeness (QED) is 0.155. The molecule has 0 radical (unpaired) electrons. The van der Waals surface area contributed by atoms with Crippen molar-refractivity contribution in [1.29, 1.82) is 0 Å². The standard InChI is InChI=1S/C21H25.2C13H11.C5H5.CH2.2ClH.Zr/c1-20(2,3)16-9-7-14-11-15-8-10-17(21(4,5)6)13-19(15)18(14)12-16;2*1-3-7-12(8-4-1)11-13-9-5-2-6-10-13;1-2-4-5-3-1;;;;/h7,9-10,12-13H,11H2,1-6H3;2*1-11H;1-3H,4H2;1H2;2*1H;/q4*-1;;;;. The normalized spacial score (nSPS) is 11.3. The number of fused-ring (bicyclic) bond motifs is 3. The van der Waals surface area contributed by atoms with E-state index in [0.717, 1.165) is 12.8 Å². The van der Waals surface area contributed by atoms with Crippen molar-refractivity contribution in [2.75, 3.05) is 0 Å². The van der Waals surface area contributed by atoms with E-state index < -0.39 is 0 Å². The van der Waals surface area contributed by atoms with Gasteiger partial charge in [0.15, 0.2) is 0 Å². The molecule has 6 aromatic carbocycles. The van der Waals surface area contributed by atoms with Crippen LogP contribution >= 0.6 is 24.8 Å². The molecule has 0 nitrogen and oxygen atoms in total. The molecule has 0 N–H and O–H groups in total. The third-order valence-corrected chi connectivity index (χ3v) is 8.98. The maximum Gasteiger partial charge on any atom is -0.0771 e. The molecule has 0 aliphatic heterocycles. The first-order valence-corrected chi connectivity index (χ1v) is 20.5. The monoisotopic (exact) mass is 852 g/mol. The summed E-state index contributed by atoms with van der Waals surface area (Å²) in [6.07, 6.45) is 15.4. The molecule has 2 aliphatic carbocycles. The van der Waals surface area contributed by atoms with Gasteiger partial charge in [0.2, 0.25) is 0 Å². The first-order chi connectivity index (χ1) is 26.1. The number of rotatable bonds is 4. The molecule has 0 aromatic heterocycles. The molecule has 0 spiro atoms. The molecular formula is C53H56Cl2Zr-4. The molecule has 3 heteroatoms. The van der Waals surface area contributed by atoms with Gasteiger partial charge in [0, 0.05) is 0 Å². The molecule has 0 amide bonds. The van der Waals surface area contributed by atoms with Crippen LogP contribution in [0.3, 0.4) is 0 Å². The summed E-state index contributed by atoms with van der Waals surface area (Å²) in [4.78, 5) is 0. The number of halogens is 2. The molecule has 0 fully saturated rings. The number of allylic oxidation sites excluding steroid dienone is 4. The smallest absolute Gasteiger partial charge is 0.0771 e. The molecule has 0 saturated heterocycles. The van der Waals surface area contributed by atoms with Crippen LogP contribution in [-0.4, -0.2) is 4.21 Å². The summed E-state index contributed by atoms with van der Waals surface area (Å²) in [5.74, 6) is 0. The van der Waals surface area contributed by atoms with E-state index in [4.69, 9.17) is 0 Å². The largest absolute Gasteiger partial charge is 0.126 e. The van der Waals surface area contributed by atoms with Crippen molar-refractivity contribution in [2.45, 2.75) is 65.2 Å². The zero-order valence-corrected chi connectivity index (χ0v) is 37.8. The summed E-state index contributed by atoms with van der Waals surface area (Å²) >= 11 is 1.30. The van der Waals surface area contributed by atoms with Crippen LogP contribution in [0.1, 0.15) is 92.5 Å². The van der Waals surface area contributed by atoms with Crippen molar-refractivity contribution < 1.29 is 24.2 Å². The molecule has 2 aliphatic rings. The Morgan fingerprint density at radius 3 is 1.29 bits per heavy atom. The van der Waals surface area contributed by atoms with E-state index >= 15 is 0 Å². The van der Waals surface area contributed by atoms with Crippen LogP contribution in [-0.2, 0) is 41.5 Å². The van der Waals surface area contributed by atoms with E-state index in [0.29, 0.717) is 0 Å². The zero-order valence-electron chi connectivity index (χ0n) is 33.8. The second-order valence-corrected chi connectivity index (χ2v) is 15.3. The Labute approximate surface area is 366 Å². The molecule has 0 unspecified atom stereocenters. The van der Waals surface area contributed by atoms with Gasteiger partial charge >= 0.3 is 28.4 Å². The molecular weight excluding hydrogens is 799 g/mol. The summed E-state index contributed by atoms with van der Waals surface area (Å²) in [6.45, 7) is 13.6. The molecule has 56 heavy (non-hydrogen) atoms. The summed E-state index contributed by atoms with van der Waals surface area (Å²) in [5, 5.41) is 0. The van der Waals surface area contributed by atoms with Crippen LogP contribution in [0, 0.1) is 25.0 Å². The van der Waals surface area contributed by atoms with Crippen molar-refractivity contribution in [3.8, 4) is 11.1 Å². The van der Waals surface area contributed by atoms with Gasteiger partial charge < -0.3 is 0 Å². The zero-order chi connectivity index (χ0) is 38.8. The van der Waals surface area contributed by atoms with Gasteiger partial charge in [0.05, 0.1) is 0 Å². The van der Waals surface area contributed by atoms with Crippen molar-refractivity contribution >= 4 is 29.0 Å². The topological polar surface area (TPSA) is 0 Å². The molecule has 0 saturated carbocycles. The van der Waals surface area contributed by atoms with Crippen LogP contribution in [0.15, 0.2) is 170 Å². The Bertz CT molecular complexity index is 1810. The minimum Gasteiger partial charge on any atom is -0.126 e. The predicted octanol–water partition coefficient (Wildman–Crippen LogP) is 14.3. The Morgan fingerprint density at radius 1 is 0.536 bits per heavy atom. The van der Waals surface area contributed by atoms with Gasteiger partial charge in [0.1, 0.15) is 0 Å². The van der Waals surface area contributed by atoms with E-state index in [-0.39, 0.29) is 35.6 Å². The average molecular weight is 855 g/mol. The Balaban J connectivity index is 0.000000271. The van der Waals surface area contributed by atoms with Crippen LogP contribution in [0.5, 0.6) is 0 Å². The molecule has 8 rings (SSSR count). The fraction of sp³-hybridized carbons (Fsp3) is 0.189. The number of hydrogen-bond acceptors (Lipinski definition) is 0. The maximum atomic E-state index is 3.53. The summed E-state index contributed by atoms with van der Waals surface area (Å²) in [7, 11) is 0. The van der Waals surface area contributed by atoms with Crippen LogP contribution in [0.2, 0.25) is 0 Å². The molecule has 0 bridgehead atoms. The maximum absolute atomic E-state index is 3.53. The van der Waals surface area contributed by atoms with Crippen molar-refractivity contribution in [2.24, 2.45) is 0 Å². The summed E-state index contributed by atoms with van der Waals surface area (Å²) in [5.41, 5.74) is 13.7. The van der Waals surface area contributed by atoms with Gasteiger partial charge in [-0.25, -0.2) is 12.2 Å². The Kier molecular flexibility index (Phi) is 21.0. The number of hydrogen-bond donors (Lipinski definition) is 0. The van der Waals surface area contributed by atoms with Gasteiger partial charge in [0.25, 0.3) is 0 Å². The van der Waals surface area contributed by atoms with E-state index in [1.807, 2.05) is 36.4 Å². The molecule has 0 atom stereocenters. The van der Waals surface area contributed by atoms with E-state index in [2.05, 4.69) is 204 Å². The van der Waals surface area contributed by atoms with Gasteiger partial charge in [-0.15, -0.1) is 120 Å². The van der Waals surface area contributed by atoms with Crippen LogP contribution in [0.25, 0.3) is 11.1 Å². The van der Waals surface area contributed by atoms with Crippen molar-refractivity contribution in [3.05, 3.63) is 239 Å². The van der Waals surface area contributed by atoms with Crippen LogP contribution in [0.4, 0.5) is 0 Å². The average Bonchev–Trinajstić information content (AvgIpc) is 3.89. The molecule has 0 heterocycles. The minimum atomic E-state index is 0. The van der Waals surface area contributed by atoms with Crippen molar-refractivity contribution in [3.63, 3.8) is 0 Å². The van der Waals surface area contributed by atoms with E-state index in [9.17, 15) is 0 Å². The van der Waals surface area contributed by atoms with Gasteiger partial charge in [-0.2, -0.15) is 35.4 Å². The van der Waals surface area contributed by atoms with Crippen molar-refractivity contribution in [1.82, 2.24) is 0 Å². The summed E-state index contributed by atoms with van der Waals surface area (Å²) < 4.78 is 3.34. The SMILES string of the molecule is CC(C)(C)c1c[c-]c2c(c1)-c1cc(C(C)(C)C)ccc1C2.Cl.Cl.[C-]1=CC=CC1.[CH2]=[Zr].c1ccc([CH-]c2ccccc2)cc1.c1ccc([CH-]c2ccccc2)cc1. The Morgan fingerprint density at radius 2 is 0.946 bits per heavy atom. The third-order valence-electron chi connectivity index (χ3n) is 8.98. The van der Waals surface area contributed by atoms with Gasteiger partial charge in [-0.3, -0.25) is 6.08 Å². The fourth-order valence-corrected chi connectivity index (χ4v) is 5.91. The minimum absolute atomic E-state index is 0. The molecule has 290 valence electrons. The van der Waals surface area contributed by atoms with Gasteiger partial charge in [-0.1, -0.05) is 149 Å². The molecule has 6 aromatic rings. The third kappa shape index (κ3) is 15.8. The predicted molar refractivity (Wildman–Crippen MR) is 245 cm³/mol. The fourth-order valence-electron chi connectivity index (χ4n) is 5.91. The Hall–Kier alpha value is -4.13. The first-order valence-electron chi connectivity index (χ1n) is 18.7.